The number of pyridine rings is 1. The van der Waals surface area contributed by atoms with Crippen molar-refractivity contribution in [2.45, 2.75) is 34.0 Å². The van der Waals surface area contributed by atoms with Gasteiger partial charge in [-0.3, -0.25) is 14.6 Å². The minimum atomic E-state index is -0.297. The number of para-hydroxylation sites is 1. The van der Waals surface area contributed by atoms with Crippen LogP contribution in [0.3, 0.4) is 0 Å². The van der Waals surface area contributed by atoms with Crippen molar-refractivity contribution in [3.8, 4) is 0 Å². The molecule has 7 heteroatoms. The third-order valence-corrected chi connectivity index (χ3v) is 4.45. The Hall–Kier alpha value is -3.32. The molecule has 0 aliphatic heterocycles. The average molecular weight is 497 g/mol. The van der Waals surface area contributed by atoms with Crippen LogP contribution in [0.1, 0.15) is 54.1 Å². The zero-order chi connectivity index (χ0) is 26.1. The maximum Gasteiger partial charge on any atom is 0.255 e. The van der Waals surface area contributed by atoms with Gasteiger partial charge in [0.25, 0.3) is 5.91 Å². The van der Waals surface area contributed by atoms with Crippen molar-refractivity contribution in [3.63, 3.8) is 0 Å². The standard InChI is InChI=1S/C19H13ClN2O2.C6H14O2.C3H6/c20-15-8-6-13(7-9-15)18(23)17-12-14(10-11-21-17)19(24)22-16-4-2-1-3-5-16;1-4-7-6(3)8-5-2;1-3-2/h1-12H,(H,22,24);6H,4-5H2,1-3H3;3H,1H2,2H3. The van der Waals surface area contributed by atoms with Crippen molar-refractivity contribution >= 4 is 29.0 Å². The lowest BCUT2D eigenvalue weighted by Gasteiger charge is -2.09. The molecule has 0 spiro atoms. The van der Waals surface area contributed by atoms with Crippen LogP contribution >= 0.6 is 11.6 Å². The number of hydrogen-bond acceptors (Lipinski definition) is 5. The number of nitrogens with zero attached hydrogens (tertiary/aromatic N) is 1. The molecule has 0 saturated carbocycles. The minimum Gasteiger partial charge on any atom is -0.353 e. The predicted octanol–water partition coefficient (Wildman–Crippen LogP) is 6.82. The fourth-order valence-electron chi connectivity index (χ4n) is 2.69. The number of benzene rings is 2. The Morgan fingerprint density at radius 3 is 2.11 bits per heavy atom. The van der Waals surface area contributed by atoms with Gasteiger partial charge in [0.05, 0.1) is 0 Å². The summed E-state index contributed by atoms with van der Waals surface area (Å²) in [4.78, 5) is 28.8. The van der Waals surface area contributed by atoms with E-state index in [9.17, 15) is 9.59 Å². The first kappa shape index (κ1) is 29.7. The zero-order valence-electron chi connectivity index (χ0n) is 20.7. The fourth-order valence-corrected chi connectivity index (χ4v) is 2.81. The van der Waals surface area contributed by atoms with E-state index in [-0.39, 0.29) is 23.7 Å². The molecule has 1 aromatic heterocycles. The smallest absolute Gasteiger partial charge is 0.255 e. The molecule has 186 valence electrons. The lowest BCUT2D eigenvalue weighted by Crippen LogP contribution is -2.13. The van der Waals surface area contributed by atoms with Crippen LogP contribution < -0.4 is 5.32 Å². The van der Waals surface area contributed by atoms with Crippen LogP contribution in [0.5, 0.6) is 0 Å². The number of nitrogens with one attached hydrogen (secondary N) is 1. The van der Waals surface area contributed by atoms with Crippen LogP contribution in [-0.4, -0.2) is 36.2 Å². The van der Waals surface area contributed by atoms with Gasteiger partial charge in [0, 0.05) is 41.2 Å². The summed E-state index contributed by atoms with van der Waals surface area (Å²) in [5.41, 5.74) is 1.72. The van der Waals surface area contributed by atoms with Gasteiger partial charge in [0.1, 0.15) is 5.69 Å². The normalized spacial score (nSPS) is 9.77. The molecule has 0 atom stereocenters. The molecule has 35 heavy (non-hydrogen) atoms. The second-order valence-electron chi connectivity index (χ2n) is 6.97. The fraction of sp³-hybridized carbons (Fsp3) is 0.250. The predicted molar refractivity (Wildman–Crippen MR) is 142 cm³/mol. The molecule has 1 amide bonds. The summed E-state index contributed by atoms with van der Waals surface area (Å²) in [6.07, 6.45) is 3.16. The summed E-state index contributed by atoms with van der Waals surface area (Å²) in [7, 11) is 0. The third-order valence-electron chi connectivity index (χ3n) is 4.20. The van der Waals surface area contributed by atoms with Crippen LogP contribution in [-0.2, 0) is 9.47 Å². The number of halogens is 1. The van der Waals surface area contributed by atoms with E-state index in [4.69, 9.17) is 21.1 Å². The van der Waals surface area contributed by atoms with Crippen molar-refractivity contribution < 1.29 is 19.1 Å². The Morgan fingerprint density at radius 1 is 1.00 bits per heavy atom. The highest BCUT2D eigenvalue weighted by Gasteiger charge is 2.14. The van der Waals surface area contributed by atoms with Crippen molar-refractivity contribution in [1.29, 1.82) is 0 Å². The second-order valence-corrected chi connectivity index (χ2v) is 7.41. The molecule has 0 aliphatic rings. The molecular weight excluding hydrogens is 464 g/mol. The number of anilines is 1. The van der Waals surface area contributed by atoms with E-state index in [1.54, 1.807) is 48.5 Å². The minimum absolute atomic E-state index is 0.0370. The third kappa shape index (κ3) is 11.6. The van der Waals surface area contributed by atoms with E-state index in [1.807, 2.05) is 45.9 Å². The Labute approximate surface area is 213 Å². The quantitative estimate of drug-likeness (QED) is 0.210. The topological polar surface area (TPSA) is 77.5 Å². The van der Waals surface area contributed by atoms with E-state index in [0.29, 0.717) is 21.8 Å². The Morgan fingerprint density at radius 2 is 1.57 bits per heavy atom. The van der Waals surface area contributed by atoms with E-state index in [0.717, 1.165) is 13.2 Å². The SMILES string of the molecule is C=CC.CCOC(C)OCC.O=C(Nc1ccccc1)c1ccnc(C(=O)c2ccc(Cl)cc2)c1. The number of ether oxygens (including phenoxy) is 2. The number of amides is 1. The van der Waals surface area contributed by atoms with Crippen LogP contribution in [0.15, 0.2) is 85.6 Å². The maximum absolute atomic E-state index is 12.5. The van der Waals surface area contributed by atoms with Gasteiger partial charge in [-0.05, 0) is 76.2 Å². The van der Waals surface area contributed by atoms with Crippen molar-refractivity contribution in [2.75, 3.05) is 18.5 Å². The summed E-state index contributed by atoms with van der Waals surface area (Å²) in [5, 5.41) is 3.33. The number of carbonyl (C=O) groups is 2. The summed E-state index contributed by atoms with van der Waals surface area (Å²) < 4.78 is 10.1. The van der Waals surface area contributed by atoms with Gasteiger partial charge in [-0.15, -0.1) is 6.58 Å². The molecule has 6 nitrogen and oxygen atoms in total. The first-order valence-corrected chi connectivity index (χ1v) is 11.7. The van der Waals surface area contributed by atoms with Gasteiger partial charge in [0.15, 0.2) is 6.29 Å². The van der Waals surface area contributed by atoms with Crippen LogP contribution in [0.4, 0.5) is 5.69 Å². The van der Waals surface area contributed by atoms with Gasteiger partial charge in [0.2, 0.25) is 5.78 Å². The summed E-state index contributed by atoms with van der Waals surface area (Å²) in [5.74, 6) is -0.560. The highest BCUT2D eigenvalue weighted by Crippen LogP contribution is 2.14. The molecular formula is C28H33ClN2O4. The number of rotatable bonds is 8. The van der Waals surface area contributed by atoms with Gasteiger partial charge in [-0.25, -0.2) is 0 Å². The van der Waals surface area contributed by atoms with E-state index in [2.05, 4.69) is 16.9 Å². The summed E-state index contributed by atoms with van der Waals surface area (Å²) in [6.45, 7) is 12.5. The maximum atomic E-state index is 12.5. The molecule has 0 aliphatic carbocycles. The van der Waals surface area contributed by atoms with Gasteiger partial charge < -0.3 is 14.8 Å². The Balaban J connectivity index is 0.000000470. The highest BCUT2D eigenvalue weighted by molar-refractivity contribution is 6.30. The molecule has 1 heterocycles. The first-order chi connectivity index (χ1) is 16.9. The van der Waals surface area contributed by atoms with Crippen LogP contribution in [0.2, 0.25) is 5.02 Å². The Kier molecular flexibility index (Phi) is 14.6. The number of carbonyl (C=O) groups excluding carboxylic acids is 2. The van der Waals surface area contributed by atoms with Gasteiger partial charge >= 0.3 is 0 Å². The molecule has 0 radical (unpaired) electrons. The van der Waals surface area contributed by atoms with E-state index in [1.165, 1.54) is 12.3 Å². The highest BCUT2D eigenvalue weighted by atomic mass is 35.5. The molecule has 3 rings (SSSR count). The summed E-state index contributed by atoms with van der Waals surface area (Å²) >= 11 is 5.83. The number of ketones is 1. The van der Waals surface area contributed by atoms with E-state index >= 15 is 0 Å². The average Bonchev–Trinajstić information content (AvgIpc) is 2.86. The first-order valence-electron chi connectivity index (χ1n) is 11.3. The van der Waals surface area contributed by atoms with Gasteiger partial charge in [-0.1, -0.05) is 35.9 Å². The van der Waals surface area contributed by atoms with Crippen molar-refractivity contribution in [2.24, 2.45) is 0 Å². The van der Waals surface area contributed by atoms with Crippen LogP contribution in [0, 0.1) is 0 Å². The molecule has 0 fully saturated rings. The molecule has 0 saturated heterocycles. The number of hydrogen-bond donors (Lipinski definition) is 1. The largest absolute Gasteiger partial charge is 0.353 e. The lowest BCUT2D eigenvalue weighted by atomic mass is 10.1. The Bertz CT molecular complexity index is 1030. The van der Waals surface area contributed by atoms with Gasteiger partial charge in [-0.2, -0.15) is 0 Å². The molecule has 0 bridgehead atoms. The number of allylic oxidation sites excluding steroid dienone is 1. The number of aromatic nitrogens is 1. The molecule has 1 N–H and O–H groups in total. The van der Waals surface area contributed by atoms with E-state index < -0.39 is 0 Å². The zero-order valence-corrected chi connectivity index (χ0v) is 21.4. The molecule has 2 aromatic carbocycles. The monoisotopic (exact) mass is 496 g/mol. The van der Waals surface area contributed by atoms with Crippen LogP contribution in [0.25, 0.3) is 0 Å². The second kappa shape index (κ2) is 17.2. The van der Waals surface area contributed by atoms with Crippen molar-refractivity contribution in [1.82, 2.24) is 4.98 Å². The van der Waals surface area contributed by atoms with Crippen molar-refractivity contribution in [3.05, 3.63) is 107 Å². The molecule has 0 unspecified atom stereocenters. The lowest BCUT2D eigenvalue weighted by molar-refractivity contribution is -0.123. The molecule has 3 aromatic rings. The summed E-state index contributed by atoms with van der Waals surface area (Å²) in [6, 6.07) is 18.7.